The Kier molecular flexibility index (Phi) is 5.57. The molecule has 4 heteroatoms. The molecule has 0 spiro atoms. The summed E-state index contributed by atoms with van der Waals surface area (Å²) in [4.78, 5) is 11.8. The largest absolute Gasteiger partial charge is 0.368 e. The summed E-state index contributed by atoms with van der Waals surface area (Å²) < 4.78 is 5.68. The summed E-state index contributed by atoms with van der Waals surface area (Å²) in [5, 5.41) is 11.6. The quantitative estimate of drug-likeness (QED) is 0.856. The SMILES string of the molecule is N#Cc1cccc(NC(=O)COC2CCCCCC2)c1. The van der Waals surface area contributed by atoms with Crippen LogP contribution >= 0.6 is 0 Å². The zero-order valence-corrected chi connectivity index (χ0v) is 11.6. The first-order chi connectivity index (χ1) is 9.78. The lowest BCUT2D eigenvalue weighted by atomic mass is 10.1. The summed E-state index contributed by atoms with van der Waals surface area (Å²) in [5.74, 6) is -0.163. The molecular formula is C16H20N2O2. The van der Waals surface area contributed by atoms with Crippen LogP contribution in [0.4, 0.5) is 5.69 Å². The van der Waals surface area contributed by atoms with E-state index in [1.807, 2.05) is 6.07 Å². The number of rotatable bonds is 4. The number of nitrogens with zero attached hydrogens (tertiary/aromatic N) is 1. The molecule has 1 aromatic rings. The number of ether oxygens (including phenoxy) is 1. The monoisotopic (exact) mass is 272 g/mol. The molecule has 0 unspecified atom stereocenters. The van der Waals surface area contributed by atoms with Crippen LogP contribution in [0, 0.1) is 11.3 Å². The fourth-order valence-corrected chi connectivity index (χ4v) is 2.47. The van der Waals surface area contributed by atoms with E-state index in [-0.39, 0.29) is 18.6 Å². The van der Waals surface area contributed by atoms with Gasteiger partial charge in [-0.3, -0.25) is 4.79 Å². The van der Waals surface area contributed by atoms with Gasteiger partial charge in [0.25, 0.3) is 0 Å². The highest BCUT2D eigenvalue weighted by atomic mass is 16.5. The van der Waals surface area contributed by atoms with Gasteiger partial charge >= 0.3 is 0 Å². The fraction of sp³-hybridized carbons (Fsp3) is 0.500. The van der Waals surface area contributed by atoms with E-state index < -0.39 is 0 Å². The summed E-state index contributed by atoms with van der Waals surface area (Å²) in [5.41, 5.74) is 1.17. The average Bonchev–Trinajstić information content (AvgIpc) is 2.74. The van der Waals surface area contributed by atoms with Crippen LogP contribution in [-0.4, -0.2) is 18.6 Å². The maximum absolute atomic E-state index is 11.8. The molecule has 1 aliphatic carbocycles. The van der Waals surface area contributed by atoms with Crippen molar-refractivity contribution in [3.63, 3.8) is 0 Å². The van der Waals surface area contributed by atoms with Gasteiger partial charge in [-0.05, 0) is 31.0 Å². The molecule has 4 nitrogen and oxygen atoms in total. The van der Waals surface area contributed by atoms with E-state index in [0.717, 1.165) is 12.8 Å². The number of anilines is 1. The highest BCUT2D eigenvalue weighted by molar-refractivity contribution is 5.91. The molecule has 0 saturated heterocycles. The van der Waals surface area contributed by atoms with Crippen molar-refractivity contribution in [2.24, 2.45) is 0 Å². The Morgan fingerprint density at radius 3 is 2.75 bits per heavy atom. The molecule has 0 bridgehead atoms. The highest BCUT2D eigenvalue weighted by Gasteiger charge is 2.14. The van der Waals surface area contributed by atoms with E-state index in [1.54, 1.807) is 24.3 Å². The summed E-state index contributed by atoms with van der Waals surface area (Å²) in [6.45, 7) is 0.0848. The van der Waals surface area contributed by atoms with E-state index in [4.69, 9.17) is 10.00 Å². The molecule has 1 amide bonds. The molecule has 1 fully saturated rings. The van der Waals surface area contributed by atoms with Crippen LogP contribution in [0.15, 0.2) is 24.3 Å². The van der Waals surface area contributed by atoms with Gasteiger partial charge in [-0.2, -0.15) is 5.26 Å². The van der Waals surface area contributed by atoms with Gasteiger partial charge in [-0.1, -0.05) is 31.7 Å². The third-order valence-electron chi connectivity index (χ3n) is 3.53. The van der Waals surface area contributed by atoms with Crippen LogP contribution in [-0.2, 0) is 9.53 Å². The number of amides is 1. The fourth-order valence-electron chi connectivity index (χ4n) is 2.47. The van der Waals surface area contributed by atoms with Crippen LogP contribution in [0.5, 0.6) is 0 Å². The van der Waals surface area contributed by atoms with Gasteiger partial charge in [-0.15, -0.1) is 0 Å². The third kappa shape index (κ3) is 4.67. The predicted octanol–water partition coefficient (Wildman–Crippen LogP) is 3.24. The minimum Gasteiger partial charge on any atom is -0.368 e. The van der Waals surface area contributed by atoms with Crippen LogP contribution in [0.25, 0.3) is 0 Å². The van der Waals surface area contributed by atoms with E-state index >= 15 is 0 Å². The summed E-state index contributed by atoms with van der Waals surface area (Å²) in [6, 6.07) is 8.93. The van der Waals surface area contributed by atoms with Crippen molar-refractivity contribution < 1.29 is 9.53 Å². The van der Waals surface area contributed by atoms with Gasteiger partial charge in [-0.25, -0.2) is 0 Å². The molecule has 0 atom stereocenters. The lowest BCUT2D eigenvalue weighted by molar-refractivity contribution is -0.122. The molecule has 1 N–H and O–H groups in total. The number of hydrogen-bond acceptors (Lipinski definition) is 3. The number of nitriles is 1. The second-order valence-corrected chi connectivity index (χ2v) is 5.17. The topological polar surface area (TPSA) is 62.1 Å². The minimum absolute atomic E-state index is 0.0848. The Morgan fingerprint density at radius 1 is 1.30 bits per heavy atom. The summed E-state index contributed by atoms with van der Waals surface area (Å²) in [7, 11) is 0. The van der Waals surface area contributed by atoms with Gasteiger partial charge in [0.1, 0.15) is 6.61 Å². The molecule has 0 heterocycles. The zero-order valence-electron chi connectivity index (χ0n) is 11.6. The lowest BCUT2D eigenvalue weighted by Gasteiger charge is -2.15. The van der Waals surface area contributed by atoms with Crippen LogP contribution in [0.3, 0.4) is 0 Å². The minimum atomic E-state index is -0.163. The third-order valence-corrected chi connectivity index (χ3v) is 3.53. The molecule has 0 radical (unpaired) electrons. The Labute approximate surface area is 119 Å². The van der Waals surface area contributed by atoms with E-state index in [0.29, 0.717) is 11.3 Å². The van der Waals surface area contributed by atoms with Crippen molar-refractivity contribution in [1.29, 1.82) is 5.26 Å². The molecule has 2 rings (SSSR count). The number of nitrogens with one attached hydrogen (secondary N) is 1. The van der Waals surface area contributed by atoms with Crippen LogP contribution < -0.4 is 5.32 Å². The molecule has 0 aromatic heterocycles. The van der Waals surface area contributed by atoms with Crippen LogP contribution in [0.1, 0.15) is 44.1 Å². The molecule has 1 aliphatic rings. The number of carbonyl (C=O) groups excluding carboxylic acids is 1. The average molecular weight is 272 g/mol. The van der Waals surface area contributed by atoms with Crippen molar-refractivity contribution in [1.82, 2.24) is 0 Å². The molecule has 106 valence electrons. The Bertz CT molecular complexity index is 485. The standard InChI is InChI=1S/C16H20N2O2/c17-11-13-6-5-7-14(10-13)18-16(19)12-20-15-8-3-1-2-4-9-15/h5-7,10,15H,1-4,8-9,12H2,(H,18,19). The van der Waals surface area contributed by atoms with Gasteiger partial charge < -0.3 is 10.1 Å². The van der Waals surface area contributed by atoms with Crippen molar-refractivity contribution >= 4 is 11.6 Å². The first-order valence-electron chi connectivity index (χ1n) is 7.19. The maximum atomic E-state index is 11.8. The molecular weight excluding hydrogens is 252 g/mol. The first-order valence-corrected chi connectivity index (χ1v) is 7.19. The summed E-state index contributed by atoms with van der Waals surface area (Å²) in [6.07, 6.45) is 7.25. The van der Waals surface area contributed by atoms with Gasteiger partial charge in [0.05, 0.1) is 17.7 Å². The van der Waals surface area contributed by atoms with Crippen molar-refractivity contribution in [3.05, 3.63) is 29.8 Å². The Balaban J connectivity index is 1.78. The Morgan fingerprint density at radius 2 is 2.05 bits per heavy atom. The van der Waals surface area contributed by atoms with Gasteiger partial charge in [0.15, 0.2) is 0 Å². The number of carbonyl (C=O) groups is 1. The lowest BCUT2D eigenvalue weighted by Crippen LogP contribution is -2.23. The molecule has 20 heavy (non-hydrogen) atoms. The molecule has 0 aliphatic heterocycles. The number of benzene rings is 1. The second kappa shape index (κ2) is 7.66. The maximum Gasteiger partial charge on any atom is 0.250 e. The van der Waals surface area contributed by atoms with E-state index in [2.05, 4.69) is 5.32 Å². The van der Waals surface area contributed by atoms with E-state index in [1.165, 1.54) is 25.7 Å². The molecule has 1 saturated carbocycles. The zero-order chi connectivity index (χ0) is 14.2. The van der Waals surface area contributed by atoms with Gasteiger partial charge in [0.2, 0.25) is 5.91 Å². The number of hydrogen-bond donors (Lipinski definition) is 1. The smallest absolute Gasteiger partial charge is 0.250 e. The molecule has 1 aromatic carbocycles. The van der Waals surface area contributed by atoms with Gasteiger partial charge in [0, 0.05) is 5.69 Å². The first kappa shape index (κ1) is 14.5. The summed E-state index contributed by atoms with van der Waals surface area (Å²) >= 11 is 0. The van der Waals surface area contributed by atoms with E-state index in [9.17, 15) is 4.79 Å². The Hall–Kier alpha value is -1.86. The van der Waals surface area contributed by atoms with Crippen molar-refractivity contribution in [2.45, 2.75) is 44.6 Å². The van der Waals surface area contributed by atoms with Crippen molar-refractivity contribution in [2.75, 3.05) is 11.9 Å². The normalized spacial score (nSPS) is 16.1. The highest BCUT2D eigenvalue weighted by Crippen LogP contribution is 2.19. The second-order valence-electron chi connectivity index (χ2n) is 5.17. The van der Waals surface area contributed by atoms with Crippen molar-refractivity contribution in [3.8, 4) is 6.07 Å². The van der Waals surface area contributed by atoms with Crippen LogP contribution in [0.2, 0.25) is 0 Å². The predicted molar refractivity (Wildman–Crippen MR) is 77.2 cm³/mol.